The molecule has 98 valence electrons. The van der Waals surface area contributed by atoms with Gasteiger partial charge in [-0.2, -0.15) is 0 Å². The summed E-state index contributed by atoms with van der Waals surface area (Å²) in [6, 6.07) is 0.140. The van der Waals surface area contributed by atoms with Crippen molar-refractivity contribution in [2.24, 2.45) is 5.73 Å². The normalized spacial score (nSPS) is 21.1. The van der Waals surface area contributed by atoms with E-state index in [1.54, 1.807) is 0 Å². The Balaban J connectivity index is 2.62. The molecule has 0 aromatic carbocycles. The summed E-state index contributed by atoms with van der Waals surface area (Å²) in [6.07, 6.45) is 9.28. The monoisotopic (exact) mass is 237 g/mol. The maximum absolute atomic E-state index is 6.39. The maximum Gasteiger partial charge on any atom is 0.0832 e. The van der Waals surface area contributed by atoms with Crippen molar-refractivity contribution >= 4 is 0 Å². The predicted octanol–water partition coefficient (Wildman–Crippen LogP) is 3.25. The molecule has 0 amide bonds. The van der Waals surface area contributed by atoms with Gasteiger partial charge in [0.15, 0.2) is 0 Å². The fraction of sp³-hybridized carbons (Fsp3) is 0.867. The predicted molar refractivity (Wildman–Crippen MR) is 72.7 cm³/mol. The van der Waals surface area contributed by atoms with Crippen molar-refractivity contribution in [1.82, 2.24) is 0 Å². The minimum absolute atomic E-state index is 0.0688. The first-order valence-corrected chi connectivity index (χ1v) is 7.04. The smallest absolute Gasteiger partial charge is 0.0832 e. The van der Waals surface area contributed by atoms with Gasteiger partial charge in [-0.25, -0.2) is 0 Å². The molecule has 0 spiro atoms. The van der Waals surface area contributed by atoms with Crippen molar-refractivity contribution in [3.8, 4) is 11.8 Å². The number of hydrogen-bond donors (Lipinski definition) is 1. The Hall–Kier alpha value is -0.520. The van der Waals surface area contributed by atoms with Gasteiger partial charge in [0.1, 0.15) is 0 Å². The van der Waals surface area contributed by atoms with Crippen molar-refractivity contribution in [1.29, 1.82) is 0 Å². The number of ether oxygens (including phenoxy) is 1. The lowest BCUT2D eigenvalue weighted by Gasteiger charge is -2.38. The average Bonchev–Trinajstić information content (AvgIpc) is 2.56. The van der Waals surface area contributed by atoms with E-state index in [1.807, 2.05) is 6.92 Å². The zero-order chi connectivity index (χ0) is 12.6. The quantitative estimate of drug-likeness (QED) is 0.588. The molecule has 0 heterocycles. The van der Waals surface area contributed by atoms with Crippen LogP contribution >= 0.6 is 0 Å². The van der Waals surface area contributed by atoms with Gasteiger partial charge >= 0.3 is 0 Å². The van der Waals surface area contributed by atoms with Gasteiger partial charge in [-0.1, -0.05) is 25.7 Å². The zero-order valence-electron chi connectivity index (χ0n) is 11.4. The van der Waals surface area contributed by atoms with E-state index in [-0.39, 0.29) is 11.6 Å². The Kier molecular flexibility index (Phi) is 6.62. The summed E-state index contributed by atoms with van der Waals surface area (Å²) in [5.41, 5.74) is 6.32. The molecule has 1 saturated carbocycles. The molecule has 2 N–H and O–H groups in total. The molecule has 0 aromatic heterocycles. The molecule has 1 fully saturated rings. The number of rotatable bonds is 5. The second-order valence-electron chi connectivity index (χ2n) is 4.98. The Morgan fingerprint density at radius 2 is 1.88 bits per heavy atom. The van der Waals surface area contributed by atoms with Gasteiger partial charge < -0.3 is 10.5 Å². The van der Waals surface area contributed by atoms with Gasteiger partial charge in [0, 0.05) is 19.1 Å². The van der Waals surface area contributed by atoms with E-state index in [1.165, 1.54) is 25.7 Å². The van der Waals surface area contributed by atoms with Gasteiger partial charge in [-0.15, -0.1) is 11.8 Å². The highest BCUT2D eigenvalue weighted by molar-refractivity contribution is 4.99. The summed E-state index contributed by atoms with van der Waals surface area (Å²) >= 11 is 0. The molecule has 2 nitrogen and oxygen atoms in total. The van der Waals surface area contributed by atoms with Crippen molar-refractivity contribution < 1.29 is 4.74 Å². The van der Waals surface area contributed by atoms with E-state index in [9.17, 15) is 0 Å². The molecule has 1 atom stereocenters. The highest BCUT2D eigenvalue weighted by Gasteiger charge is 2.37. The van der Waals surface area contributed by atoms with Gasteiger partial charge in [-0.05, 0) is 33.1 Å². The second-order valence-corrected chi connectivity index (χ2v) is 4.98. The van der Waals surface area contributed by atoms with Crippen LogP contribution < -0.4 is 5.73 Å². The number of hydrogen-bond acceptors (Lipinski definition) is 2. The molecular weight excluding hydrogens is 210 g/mol. The molecule has 1 aliphatic rings. The van der Waals surface area contributed by atoms with Crippen molar-refractivity contribution in [2.45, 2.75) is 76.9 Å². The Morgan fingerprint density at radius 3 is 2.41 bits per heavy atom. The summed E-state index contributed by atoms with van der Waals surface area (Å²) in [7, 11) is 0. The molecule has 1 aliphatic carbocycles. The molecule has 0 saturated heterocycles. The third-order valence-electron chi connectivity index (χ3n) is 3.81. The first-order chi connectivity index (χ1) is 8.25. The number of nitrogens with two attached hydrogens (primary N) is 1. The molecule has 0 radical (unpaired) electrons. The molecule has 1 unspecified atom stereocenters. The molecule has 0 aliphatic heterocycles. The van der Waals surface area contributed by atoms with E-state index < -0.39 is 0 Å². The van der Waals surface area contributed by atoms with Crippen LogP contribution in [-0.2, 0) is 4.74 Å². The summed E-state index contributed by atoms with van der Waals surface area (Å²) in [5, 5.41) is 0. The van der Waals surface area contributed by atoms with Crippen molar-refractivity contribution in [3.05, 3.63) is 0 Å². The first-order valence-electron chi connectivity index (χ1n) is 7.04. The fourth-order valence-corrected chi connectivity index (χ4v) is 2.85. The van der Waals surface area contributed by atoms with E-state index in [0.29, 0.717) is 0 Å². The minimum atomic E-state index is -0.0688. The van der Waals surface area contributed by atoms with E-state index >= 15 is 0 Å². The first kappa shape index (κ1) is 14.5. The average molecular weight is 237 g/mol. The molecule has 0 aromatic rings. The standard InChI is InChI=1S/C15H27NO/c1-3-5-8-11-14(16)15(17-4-2)12-9-6-7-10-13-15/h14H,4,6-13,16H2,1-2H3. The van der Waals surface area contributed by atoms with Crippen LogP contribution in [0.15, 0.2) is 0 Å². The van der Waals surface area contributed by atoms with Crippen LogP contribution in [-0.4, -0.2) is 18.2 Å². The Bertz CT molecular complexity index is 256. The largest absolute Gasteiger partial charge is 0.374 e. The Labute approximate surface area is 106 Å². The van der Waals surface area contributed by atoms with Crippen molar-refractivity contribution in [2.75, 3.05) is 6.61 Å². The van der Waals surface area contributed by atoms with E-state index in [4.69, 9.17) is 10.5 Å². The fourth-order valence-electron chi connectivity index (χ4n) is 2.85. The third-order valence-corrected chi connectivity index (χ3v) is 3.81. The summed E-state index contributed by atoms with van der Waals surface area (Å²) in [6.45, 7) is 4.73. The van der Waals surface area contributed by atoms with Crippen LogP contribution in [0.3, 0.4) is 0 Å². The molecule has 1 rings (SSSR count). The molecule has 2 heteroatoms. The van der Waals surface area contributed by atoms with Crippen LogP contribution in [0.5, 0.6) is 0 Å². The van der Waals surface area contributed by atoms with Crippen molar-refractivity contribution in [3.63, 3.8) is 0 Å². The van der Waals surface area contributed by atoms with E-state index in [2.05, 4.69) is 18.8 Å². The lowest BCUT2D eigenvalue weighted by molar-refractivity contribution is -0.0697. The molecule has 17 heavy (non-hydrogen) atoms. The molecule has 0 bridgehead atoms. The third kappa shape index (κ3) is 4.33. The van der Waals surface area contributed by atoms with Crippen LogP contribution in [0.2, 0.25) is 0 Å². The van der Waals surface area contributed by atoms with Crippen LogP contribution in [0.1, 0.15) is 65.2 Å². The Morgan fingerprint density at radius 1 is 1.24 bits per heavy atom. The SMILES string of the molecule is CC#CCCC(N)C1(OCC)CCCCCC1. The van der Waals surface area contributed by atoms with Crippen LogP contribution in [0.25, 0.3) is 0 Å². The lowest BCUT2D eigenvalue weighted by Crippen LogP contribution is -2.49. The van der Waals surface area contributed by atoms with Crippen LogP contribution in [0, 0.1) is 11.8 Å². The molecular formula is C15H27NO. The lowest BCUT2D eigenvalue weighted by atomic mass is 9.84. The van der Waals surface area contributed by atoms with Gasteiger partial charge in [0.05, 0.1) is 5.60 Å². The summed E-state index contributed by atoms with van der Waals surface area (Å²) < 4.78 is 6.07. The highest BCUT2D eigenvalue weighted by atomic mass is 16.5. The highest BCUT2D eigenvalue weighted by Crippen LogP contribution is 2.34. The van der Waals surface area contributed by atoms with Gasteiger partial charge in [-0.3, -0.25) is 0 Å². The maximum atomic E-state index is 6.39. The topological polar surface area (TPSA) is 35.2 Å². The summed E-state index contributed by atoms with van der Waals surface area (Å²) in [4.78, 5) is 0. The van der Waals surface area contributed by atoms with Crippen LogP contribution in [0.4, 0.5) is 0 Å². The minimum Gasteiger partial charge on any atom is -0.374 e. The zero-order valence-corrected chi connectivity index (χ0v) is 11.4. The summed E-state index contributed by atoms with van der Waals surface area (Å²) in [5.74, 6) is 6.04. The van der Waals surface area contributed by atoms with Gasteiger partial charge in [0.25, 0.3) is 0 Å². The van der Waals surface area contributed by atoms with E-state index in [0.717, 1.165) is 32.3 Å². The second kappa shape index (κ2) is 7.74. The van der Waals surface area contributed by atoms with Gasteiger partial charge in [0.2, 0.25) is 0 Å².